The fraction of sp³-hybridized carbons (Fsp3) is 0.625. The van der Waals surface area contributed by atoms with E-state index in [1.807, 2.05) is 19.1 Å². The van der Waals surface area contributed by atoms with Crippen LogP contribution in [0.1, 0.15) is 26.2 Å². The fourth-order valence-electron chi connectivity index (χ4n) is 0.633. The van der Waals surface area contributed by atoms with Crippen LogP contribution in [0.5, 0.6) is 0 Å². The van der Waals surface area contributed by atoms with Crippen LogP contribution in [0.25, 0.3) is 0 Å². The van der Waals surface area contributed by atoms with E-state index >= 15 is 0 Å². The number of ether oxygens (including phenoxy) is 1. The lowest BCUT2D eigenvalue weighted by molar-refractivity contribution is -0.140. The molecule has 0 aromatic carbocycles. The maximum absolute atomic E-state index is 10.5. The highest BCUT2D eigenvalue weighted by Gasteiger charge is 1.96. The molecule has 0 rings (SSSR count). The van der Waals surface area contributed by atoms with Gasteiger partial charge in [0.1, 0.15) is 0 Å². The third kappa shape index (κ3) is 5.35. The third-order valence-corrected chi connectivity index (χ3v) is 1.22. The molecule has 0 aromatic heterocycles. The van der Waals surface area contributed by atoms with Crippen molar-refractivity contribution in [3.8, 4) is 0 Å². The average molecular weight is 142 g/mol. The summed E-state index contributed by atoms with van der Waals surface area (Å²) in [4.78, 5) is 10.5. The van der Waals surface area contributed by atoms with Crippen LogP contribution in [0.2, 0.25) is 0 Å². The van der Waals surface area contributed by atoms with Gasteiger partial charge in [-0.15, -0.1) is 0 Å². The lowest BCUT2D eigenvalue weighted by atomic mass is 10.2. The third-order valence-electron chi connectivity index (χ3n) is 1.22. The molecule has 0 heterocycles. The van der Waals surface area contributed by atoms with Crippen molar-refractivity contribution in [3.63, 3.8) is 0 Å². The summed E-state index contributed by atoms with van der Waals surface area (Å²) in [6.45, 7) is 1.97. The molecule has 0 aliphatic carbocycles. The standard InChI is InChI=1S/C8H14O2/c1-3-4-5-6-7-8(9)10-2/h3-4H,5-7H2,1-2H3. The van der Waals surface area contributed by atoms with Gasteiger partial charge in [0.2, 0.25) is 0 Å². The molecule has 0 bridgehead atoms. The molecular formula is C8H14O2. The van der Waals surface area contributed by atoms with Gasteiger partial charge in [0.05, 0.1) is 7.11 Å². The van der Waals surface area contributed by atoms with Gasteiger partial charge in [-0.05, 0) is 19.8 Å². The van der Waals surface area contributed by atoms with Crippen molar-refractivity contribution in [2.45, 2.75) is 26.2 Å². The molecule has 0 amide bonds. The minimum Gasteiger partial charge on any atom is -0.469 e. The highest BCUT2D eigenvalue weighted by molar-refractivity contribution is 5.68. The van der Waals surface area contributed by atoms with Crippen LogP contribution in [0, 0.1) is 0 Å². The first-order valence-electron chi connectivity index (χ1n) is 3.49. The number of rotatable bonds is 4. The summed E-state index contributed by atoms with van der Waals surface area (Å²) in [5.41, 5.74) is 0. The van der Waals surface area contributed by atoms with E-state index in [0.717, 1.165) is 12.8 Å². The molecule has 0 aromatic rings. The van der Waals surface area contributed by atoms with Crippen LogP contribution in [0.4, 0.5) is 0 Å². The Morgan fingerprint density at radius 3 is 2.80 bits per heavy atom. The maximum Gasteiger partial charge on any atom is 0.305 e. The molecular weight excluding hydrogens is 128 g/mol. The van der Waals surface area contributed by atoms with Gasteiger partial charge in [-0.25, -0.2) is 0 Å². The summed E-state index contributed by atoms with van der Waals surface area (Å²) in [6.07, 6.45) is 6.41. The number of esters is 1. The Hall–Kier alpha value is -0.790. The summed E-state index contributed by atoms with van der Waals surface area (Å²) < 4.78 is 4.47. The average Bonchev–Trinajstić information content (AvgIpc) is 1.98. The van der Waals surface area contributed by atoms with E-state index in [-0.39, 0.29) is 5.97 Å². The van der Waals surface area contributed by atoms with Crippen molar-refractivity contribution in [1.82, 2.24) is 0 Å². The summed E-state index contributed by atoms with van der Waals surface area (Å²) in [6, 6.07) is 0. The number of carbonyl (C=O) groups excluding carboxylic acids is 1. The molecule has 0 spiro atoms. The Balaban J connectivity index is 3.11. The normalized spacial score (nSPS) is 10.2. The summed E-state index contributed by atoms with van der Waals surface area (Å²) in [7, 11) is 1.41. The first-order valence-corrected chi connectivity index (χ1v) is 3.49. The van der Waals surface area contributed by atoms with Gasteiger partial charge in [0, 0.05) is 6.42 Å². The number of allylic oxidation sites excluding steroid dienone is 2. The van der Waals surface area contributed by atoms with Crippen molar-refractivity contribution in [3.05, 3.63) is 12.2 Å². The summed E-state index contributed by atoms with van der Waals surface area (Å²) in [5.74, 6) is -0.121. The zero-order chi connectivity index (χ0) is 7.82. The number of hydrogen-bond donors (Lipinski definition) is 0. The van der Waals surface area contributed by atoms with E-state index in [2.05, 4.69) is 4.74 Å². The fourth-order valence-corrected chi connectivity index (χ4v) is 0.633. The van der Waals surface area contributed by atoms with Gasteiger partial charge in [-0.1, -0.05) is 12.2 Å². The highest BCUT2D eigenvalue weighted by atomic mass is 16.5. The predicted molar refractivity (Wildman–Crippen MR) is 40.7 cm³/mol. The van der Waals surface area contributed by atoms with Crippen LogP contribution in [-0.2, 0) is 9.53 Å². The summed E-state index contributed by atoms with van der Waals surface area (Å²) >= 11 is 0. The zero-order valence-electron chi connectivity index (χ0n) is 6.59. The lowest BCUT2D eigenvalue weighted by Gasteiger charge is -1.94. The van der Waals surface area contributed by atoms with E-state index < -0.39 is 0 Å². The molecule has 0 atom stereocenters. The van der Waals surface area contributed by atoms with Gasteiger partial charge < -0.3 is 4.74 Å². The second-order valence-electron chi connectivity index (χ2n) is 2.04. The lowest BCUT2D eigenvalue weighted by Crippen LogP contribution is -1.98. The van der Waals surface area contributed by atoms with E-state index in [1.54, 1.807) is 0 Å². The quantitative estimate of drug-likeness (QED) is 0.340. The van der Waals surface area contributed by atoms with Crippen molar-refractivity contribution >= 4 is 5.97 Å². The largest absolute Gasteiger partial charge is 0.469 e. The topological polar surface area (TPSA) is 26.3 Å². The molecule has 0 saturated carbocycles. The number of unbranched alkanes of at least 4 members (excludes halogenated alkanes) is 1. The van der Waals surface area contributed by atoms with E-state index in [0.29, 0.717) is 6.42 Å². The maximum atomic E-state index is 10.5. The number of hydrogen-bond acceptors (Lipinski definition) is 2. The molecule has 58 valence electrons. The minimum absolute atomic E-state index is 0.121. The Labute approximate surface area is 61.9 Å². The first kappa shape index (κ1) is 9.21. The predicted octanol–water partition coefficient (Wildman–Crippen LogP) is 1.91. The minimum atomic E-state index is -0.121. The van der Waals surface area contributed by atoms with E-state index in [4.69, 9.17) is 0 Å². The molecule has 0 aliphatic heterocycles. The smallest absolute Gasteiger partial charge is 0.305 e. The van der Waals surface area contributed by atoms with Gasteiger partial charge >= 0.3 is 5.97 Å². The second kappa shape index (κ2) is 6.33. The molecule has 0 unspecified atom stereocenters. The molecule has 0 radical (unpaired) electrons. The molecule has 2 heteroatoms. The zero-order valence-corrected chi connectivity index (χ0v) is 6.59. The van der Waals surface area contributed by atoms with Crippen LogP contribution in [0.3, 0.4) is 0 Å². The molecule has 2 nitrogen and oxygen atoms in total. The second-order valence-corrected chi connectivity index (χ2v) is 2.04. The Bertz CT molecular complexity index is 116. The van der Waals surface area contributed by atoms with Crippen LogP contribution < -0.4 is 0 Å². The van der Waals surface area contributed by atoms with Crippen molar-refractivity contribution in [2.75, 3.05) is 7.11 Å². The SMILES string of the molecule is CC=CCCCC(=O)OC. The highest BCUT2D eigenvalue weighted by Crippen LogP contribution is 1.97. The van der Waals surface area contributed by atoms with Gasteiger partial charge in [0.15, 0.2) is 0 Å². The molecule has 0 aliphatic rings. The van der Waals surface area contributed by atoms with Crippen LogP contribution in [-0.4, -0.2) is 13.1 Å². The van der Waals surface area contributed by atoms with Gasteiger partial charge in [0.25, 0.3) is 0 Å². The number of methoxy groups -OCH3 is 1. The van der Waals surface area contributed by atoms with Crippen LogP contribution in [0.15, 0.2) is 12.2 Å². The molecule has 0 N–H and O–H groups in total. The Kier molecular flexibility index (Phi) is 5.83. The monoisotopic (exact) mass is 142 g/mol. The number of carbonyl (C=O) groups is 1. The Morgan fingerprint density at radius 1 is 1.60 bits per heavy atom. The van der Waals surface area contributed by atoms with E-state index in [9.17, 15) is 4.79 Å². The van der Waals surface area contributed by atoms with E-state index in [1.165, 1.54) is 7.11 Å². The van der Waals surface area contributed by atoms with Gasteiger partial charge in [-0.3, -0.25) is 4.79 Å². The summed E-state index contributed by atoms with van der Waals surface area (Å²) in [5, 5.41) is 0. The first-order chi connectivity index (χ1) is 4.81. The van der Waals surface area contributed by atoms with Crippen molar-refractivity contribution in [2.24, 2.45) is 0 Å². The van der Waals surface area contributed by atoms with Gasteiger partial charge in [-0.2, -0.15) is 0 Å². The molecule has 0 saturated heterocycles. The molecule has 10 heavy (non-hydrogen) atoms. The molecule has 0 fully saturated rings. The van der Waals surface area contributed by atoms with Crippen LogP contribution >= 0.6 is 0 Å². The van der Waals surface area contributed by atoms with Crippen molar-refractivity contribution < 1.29 is 9.53 Å². The Morgan fingerprint density at radius 2 is 2.30 bits per heavy atom. The van der Waals surface area contributed by atoms with Crippen molar-refractivity contribution in [1.29, 1.82) is 0 Å².